The number of aromatic hydroxyl groups is 2. The Morgan fingerprint density at radius 1 is 1.43 bits per heavy atom. The van der Waals surface area contributed by atoms with E-state index in [0.29, 0.717) is 35.9 Å². The number of anilines is 1. The van der Waals surface area contributed by atoms with Crippen LogP contribution in [0.2, 0.25) is 0 Å². The monoisotopic (exact) mass is 321 g/mol. The molecule has 1 aromatic heterocycles. The standard InChI is InChI=1S/C15H19N3O5/c1-2-4-11(19)16-10-6-3-5-9-13(10)15(21)18(14(9)20)12-7-8-22-17-23-12/h3,5-6,12,17,20-21H,2,4,7-8H2,1H3,(H,16,19). The maximum absolute atomic E-state index is 11.8. The Morgan fingerprint density at radius 2 is 2.26 bits per heavy atom. The topological polar surface area (TPSA) is 105 Å². The van der Waals surface area contributed by atoms with E-state index in [-0.39, 0.29) is 17.7 Å². The van der Waals surface area contributed by atoms with Crippen molar-refractivity contribution in [1.82, 2.24) is 10.2 Å². The van der Waals surface area contributed by atoms with Gasteiger partial charge >= 0.3 is 0 Å². The summed E-state index contributed by atoms with van der Waals surface area (Å²) in [5.41, 5.74) is 2.73. The molecule has 0 saturated carbocycles. The lowest BCUT2D eigenvalue weighted by Gasteiger charge is -2.24. The van der Waals surface area contributed by atoms with E-state index in [1.807, 2.05) is 6.92 Å². The van der Waals surface area contributed by atoms with Crippen LogP contribution in [0.3, 0.4) is 0 Å². The lowest BCUT2D eigenvalue weighted by molar-refractivity contribution is -0.261. The summed E-state index contributed by atoms with van der Waals surface area (Å²) in [5, 5.41) is 24.6. The number of amides is 1. The summed E-state index contributed by atoms with van der Waals surface area (Å²) in [4.78, 5) is 21.9. The number of aromatic nitrogens is 1. The predicted octanol–water partition coefficient (Wildman–Crippen LogP) is 2.15. The molecule has 124 valence electrons. The second-order valence-corrected chi connectivity index (χ2v) is 5.34. The molecular weight excluding hydrogens is 302 g/mol. The fourth-order valence-corrected chi connectivity index (χ4v) is 2.68. The molecule has 0 aliphatic carbocycles. The van der Waals surface area contributed by atoms with Crippen molar-refractivity contribution in [1.29, 1.82) is 0 Å². The number of nitrogens with zero attached hydrogens (tertiary/aromatic N) is 1. The van der Waals surface area contributed by atoms with E-state index in [9.17, 15) is 15.0 Å². The minimum absolute atomic E-state index is 0.127. The Morgan fingerprint density at radius 3 is 2.96 bits per heavy atom. The first-order chi connectivity index (χ1) is 11.1. The highest BCUT2D eigenvalue weighted by Gasteiger charge is 2.27. The molecule has 1 aliphatic rings. The van der Waals surface area contributed by atoms with Gasteiger partial charge in [0.15, 0.2) is 6.23 Å². The molecule has 0 bridgehead atoms. The van der Waals surface area contributed by atoms with Gasteiger partial charge in [0.25, 0.3) is 0 Å². The molecule has 2 aromatic rings. The van der Waals surface area contributed by atoms with Gasteiger partial charge in [0.1, 0.15) is 0 Å². The lowest BCUT2D eigenvalue weighted by Crippen LogP contribution is -2.30. The average molecular weight is 321 g/mol. The molecule has 8 nitrogen and oxygen atoms in total. The van der Waals surface area contributed by atoms with Crippen molar-refractivity contribution in [3.8, 4) is 11.8 Å². The van der Waals surface area contributed by atoms with Gasteiger partial charge in [-0.3, -0.25) is 19.0 Å². The fourth-order valence-electron chi connectivity index (χ4n) is 2.68. The van der Waals surface area contributed by atoms with E-state index in [1.54, 1.807) is 18.2 Å². The van der Waals surface area contributed by atoms with Crippen LogP contribution < -0.4 is 11.0 Å². The molecule has 0 spiro atoms. The van der Waals surface area contributed by atoms with Gasteiger partial charge in [0, 0.05) is 18.2 Å². The van der Waals surface area contributed by atoms with E-state index < -0.39 is 6.23 Å². The Hall–Kier alpha value is -2.29. The van der Waals surface area contributed by atoms with E-state index in [4.69, 9.17) is 9.68 Å². The van der Waals surface area contributed by atoms with Gasteiger partial charge in [-0.1, -0.05) is 18.6 Å². The summed E-state index contributed by atoms with van der Waals surface area (Å²) in [7, 11) is 0. The van der Waals surface area contributed by atoms with E-state index in [2.05, 4.69) is 11.0 Å². The Bertz CT molecular complexity index is 721. The molecule has 1 amide bonds. The number of nitrogens with one attached hydrogen (secondary N) is 2. The third-order valence-corrected chi connectivity index (χ3v) is 3.73. The smallest absolute Gasteiger partial charge is 0.224 e. The van der Waals surface area contributed by atoms with Crippen LogP contribution in [0.25, 0.3) is 10.8 Å². The number of benzene rings is 1. The summed E-state index contributed by atoms with van der Waals surface area (Å²) in [6.07, 6.45) is 0.945. The third-order valence-electron chi connectivity index (χ3n) is 3.73. The first-order valence-electron chi connectivity index (χ1n) is 7.50. The van der Waals surface area contributed by atoms with E-state index in [1.165, 1.54) is 4.57 Å². The molecule has 1 saturated heterocycles. The zero-order valence-electron chi connectivity index (χ0n) is 12.7. The van der Waals surface area contributed by atoms with Gasteiger partial charge in [-0.05, 0) is 18.6 Å². The number of hydrogen-bond donors (Lipinski definition) is 4. The predicted molar refractivity (Wildman–Crippen MR) is 82.6 cm³/mol. The van der Waals surface area contributed by atoms with Gasteiger partial charge in [0.2, 0.25) is 17.7 Å². The molecule has 0 radical (unpaired) electrons. The average Bonchev–Trinajstić information content (AvgIpc) is 2.81. The maximum atomic E-state index is 11.8. The largest absolute Gasteiger partial charge is 0.494 e. The summed E-state index contributed by atoms with van der Waals surface area (Å²) in [6, 6.07) is 5.06. The van der Waals surface area contributed by atoms with Crippen molar-refractivity contribution in [2.24, 2.45) is 0 Å². The quantitative estimate of drug-likeness (QED) is 0.688. The Labute approximate surface area is 132 Å². The molecule has 1 unspecified atom stereocenters. The highest BCUT2D eigenvalue weighted by atomic mass is 16.9. The molecule has 1 fully saturated rings. The van der Waals surface area contributed by atoms with Crippen LogP contribution in [0, 0.1) is 0 Å². The van der Waals surface area contributed by atoms with Crippen LogP contribution in [0.15, 0.2) is 18.2 Å². The second kappa shape index (κ2) is 6.45. The summed E-state index contributed by atoms with van der Waals surface area (Å²) in [5.74, 6) is -0.438. The highest BCUT2D eigenvalue weighted by molar-refractivity contribution is 6.07. The SMILES string of the molecule is CCCC(=O)Nc1cccc2c(O)n(C3CCONO3)c(O)c12. The van der Waals surface area contributed by atoms with Gasteiger partial charge in [0.05, 0.1) is 17.7 Å². The Kier molecular flexibility index (Phi) is 4.37. The van der Waals surface area contributed by atoms with Crippen molar-refractivity contribution in [3.05, 3.63) is 18.2 Å². The first kappa shape index (κ1) is 15.6. The summed E-state index contributed by atoms with van der Waals surface area (Å²) in [6.45, 7) is 2.29. The van der Waals surface area contributed by atoms with Crippen LogP contribution >= 0.6 is 0 Å². The first-order valence-corrected chi connectivity index (χ1v) is 7.50. The second-order valence-electron chi connectivity index (χ2n) is 5.34. The minimum atomic E-state index is -0.615. The van der Waals surface area contributed by atoms with Crippen LogP contribution in [-0.2, 0) is 14.5 Å². The molecule has 2 heterocycles. The highest BCUT2D eigenvalue weighted by Crippen LogP contribution is 2.43. The van der Waals surface area contributed by atoms with Gasteiger partial charge in [-0.2, -0.15) is 0 Å². The molecule has 8 heteroatoms. The number of carbonyl (C=O) groups excluding carboxylic acids is 1. The number of carbonyl (C=O) groups is 1. The Balaban J connectivity index is 2.05. The van der Waals surface area contributed by atoms with Crippen molar-refractivity contribution >= 4 is 22.4 Å². The number of rotatable bonds is 4. The summed E-state index contributed by atoms with van der Waals surface area (Å²) >= 11 is 0. The van der Waals surface area contributed by atoms with Crippen molar-refractivity contribution in [3.63, 3.8) is 0 Å². The lowest BCUT2D eigenvalue weighted by atomic mass is 10.1. The molecule has 1 aromatic carbocycles. The molecule has 4 N–H and O–H groups in total. The molecule has 3 rings (SSSR count). The normalized spacial score (nSPS) is 18.2. The zero-order valence-corrected chi connectivity index (χ0v) is 12.7. The van der Waals surface area contributed by atoms with Crippen LogP contribution in [0.1, 0.15) is 32.4 Å². The third kappa shape index (κ3) is 2.83. The molecule has 1 atom stereocenters. The molecule has 23 heavy (non-hydrogen) atoms. The minimum Gasteiger partial charge on any atom is -0.494 e. The van der Waals surface area contributed by atoms with Crippen LogP contribution in [-0.4, -0.2) is 27.3 Å². The van der Waals surface area contributed by atoms with Crippen LogP contribution in [0.5, 0.6) is 11.8 Å². The van der Waals surface area contributed by atoms with Gasteiger partial charge in [-0.15, -0.1) is 0 Å². The van der Waals surface area contributed by atoms with Gasteiger partial charge < -0.3 is 15.5 Å². The molecular formula is C15H19N3O5. The van der Waals surface area contributed by atoms with Gasteiger partial charge in [-0.25, -0.2) is 0 Å². The number of fused-ring (bicyclic) bond motifs is 1. The van der Waals surface area contributed by atoms with Crippen molar-refractivity contribution in [2.45, 2.75) is 32.4 Å². The van der Waals surface area contributed by atoms with Crippen LogP contribution in [0.4, 0.5) is 5.69 Å². The van der Waals surface area contributed by atoms with E-state index >= 15 is 0 Å². The van der Waals surface area contributed by atoms with Crippen molar-refractivity contribution in [2.75, 3.05) is 11.9 Å². The molecule has 1 aliphatic heterocycles. The fraction of sp³-hybridized carbons (Fsp3) is 0.400. The zero-order chi connectivity index (χ0) is 16.4. The van der Waals surface area contributed by atoms with Crippen molar-refractivity contribution < 1.29 is 24.7 Å². The summed E-state index contributed by atoms with van der Waals surface area (Å²) < 4.78 is 1.27. The van der Waals surface area contributed by atoms with E-state index in [0.717, 1.165) is 6.42 Å². The maximum Gasteiger partial charge on any atom is 0.224 e. The number of hydrogen-bond acceptors (Lipinski definition) is 6.